The SMILES string of the molecule is CC(C)c1ccc(CCCNC(=O)C2C=CCN2)cc1. The Balaban J connectivity index is 1.67. The predicted octanol–water partition coefficient (Wildman–Crippen LogP) is 2.39. The van der Waals surface area contributed by atoms with Crippen LogP contribution >= 0.6 is 0 Å². The van der Waals surface area contributed by atoms with Crippen molar-refractivity contribution in [3.8, 4) is 0 Å². The van der Waals surface area contributed by atoms with Crippen LogP contribution in [0, 0.1) is 0 Å². The molecular formula is C17H24N2O. The van der Waals surface area contributed by atoms with Gasteiger partial charge in [0.1, 0.15) is 6.04 Å². The third-order valence-electron chi connectivity index (χ3n) is 3.65. The summed E-state index contributed by atoms with van der Waals surface area (Å²) in [5.74, 6) is 0.657. The summed E-state index contributed by atoms with van der Waals surface area (Å²) < 4.78 is 0. The average Bonchev–Trinajstić information content (AvgIpc) is 2.98. The molecule has 0 bridgehead atoms. The van der Waals surface area contributed by atoms with E-state index in [-0.39, 0.29) is 11.9 Å². The van der Waals surface area contributed by atoms with E-state index in [1.54, 1.807) is 0 Å². The number of carbonyl (C=O) groups excluding carboxylic acids is 1. The zero-order valence-corrected chi connectivity index (χ0v) is 12.4. The Morgan fingerprint density at radius 2 is 2.10 bits per heavy atom. The molecule has 0 aliphatic carbocycles. The van der Waals surface area contributed by atoms with Gasteiger partial charge in [0, 0.05) is 13.1 Å². The molecule has 2 rings (SSSR count). The zero-order valence-electron chi connectivity index (χ0n) is 12.4. The monoisotopic (exact) mass is 272 g/mol. The molecule has 1 atom stereocenters. The molecule has 0 aromatic heterocycles. The minimum Gasteiger partial charge on any atom is -0.354 e. The summed E-state index contributed by atoms with van der Waals surface area (Å²) in [7, 11) is 0. The first kappa shape index (κ1) is 14.8. The molecule has 0 fully saturated rings. The maximum atomic E-state index is 11.8. The molecular weight excluding hydrogens is 248 g/mol. The molecule has 0 saturated carbocycles. The van der Waals surface area contributed by atoms with Crippen molar-refractivity contribution >= 4 is 5.91 Å². The second kappa shape index (κ2) is 7.25. The molecule has 0 saturated heterocycles. The molecule has 3 nitrogen and oxygen atoms in total. The highest BCUT2D eigenvalue weighted by molar-refractivity contribution is 5.84. The fourth-order valence-corrected chi connectivity index (χ4v) is 2.33. The Bertz CT molecular complexity index is 462. The Labute approximate surface area is 121 Å². The third kappa shape index (κ3) is 4.20. The lowest BCUT2D eigenvalue weighted by Gasteiger charge is -2.10. The van der Waals surface area contributed by atoms with E-state index in [1.165, 1.54) is 11.1 Å². The number of benzene rings is 1. The number of hydrogen-bond donors (Lipinski definition) is 2. The quantitative estimate of drug-likeness (QED) is 0.616. The van der Waals surface area contributed by atoms with Gasteiger partial charge in [0.2, 0.25) is 5.91 Å². The Kier molecular flexibility index (Phi) is 5.36. The van der Waals surface area contributed by atoms with Gasteiger partial charge in [-0.3, -0.25) is 10.1 Å². The van der Waals surface area contributed by atoms with E-state index in [2.05, 4.69) is 48.7 Å². The fourth-order valence-electron chi connectivity index (χ4n) is 2.33. The van der Waals surface area contributed by atoms with Crippen LogP contribution in [0.4, 0.5) is 0 Å². The lowest BCUT2D eigenvalue weighted by molar-refractivity contribution is -0.121. The Hall–Kier alpha value is -1.61. The average molecular weight is 272 g/mol. The van der Waals surface area contributed by atoms with E-state index >= 15 is 0 Å². The summed E-state index contributed by atoms with van der Waals surface area (Å²) >= 11 is 0. The maximum absolute atomic E-state index is 11.8. The van der Waals surface area contributed by atoms with Gasteiger partial charge in [-0.25, -0.2) is 0 Å². The number of hydrogen-bond acceptors (Lipinski definition) is 2. The highest BCUT2D eigenvalue weighted by atomic mass is 16.2. The second-order valence-corrected chi connectivity index (χ2v) is 5.60. The second-order valence-electron chi connectivity index (χ2n) is 5.60. The molecule has 1 heterocycles. The van der Waals surface area contributed by atoms with Crippen molar-refractivity contribution in [2.24, 2.45) is 0 Å². The van der Waals surface area contributed by atoms with Gasteiger partial charge in [-0.05, 0) is 29.9 Å². The molecule has 1 aromatic carbocycles. The van der Waals surface area contributed by atoms with E-state index < -0.39 is 0 Å². The van der Waals surface area contributed by atoms with Crippen LogP contribution in [0.5, 0.6) is 0 Å². The lowest BCUT2D eigenvalue weighted by atomic mass is 10.0. The van der Waals surface area contributed by atoms with Crippen LogP contribution in [0.1, 0.15) is 37.3 Å². The zero-order chi connectivity index (χ0) is 14.4. The van der Waals surface area contributed by atoms with E-state index in [4.69, 9.17) is 0 Å². The van der Waals surface area contributed by atoms with Gasteiger partial charge in [-0.2, -0.15) is 0 Å². The van der Waals surface area contributed by atoms with Crippen molar-refractivity contribution in [2.75, 3.05) is 13.1 Å². The predicted molar refractivity (Wildman–Crippen MR) is 82.8 cm³/mol. The largest absolute Gasteiger partial charge is 0.354 e. The molecule has 2 N–H and O–H groups in total. The van der Waals surface area contributed by atoms with Crippen LogP contribution in [-0.2, 0) is 11.2 Å². The molecule has 1 amide bonds. The number of carbonyl (C=O) groups is 1. The Morgan fingerprint density at radius 1 is 1.35 bits per heavy atom. The topological polar surface area (TPSA) is 41.1 Å². The van der Waals surface area contributed by atoms with Crippen molar-refractivity contribution in [2.45, 2.75) is 38.6 Å². The van der Waals surface area contributed by atoms with Crippen molar-refractivity contribution < 1.29 is 4.79 Å². The van der Waals surface area contributed by atoms with Crippen molar-refractivity contribution in [3.05, 3.63) is 47.5 Å². The minimum atomic E-state index is -0.139. The van der Waals surface area contributed by atoms with Crippen molar-refractivity contribution in [1.29, 1.82) is 0 Å². The molecule has 1 aliphatic heterocycles. The summed E-state index contributed by atoms with van der Waals surface area (Å²) in [6.45, 7) is 5.93. The van der Waals surface area contributed by atoms with Crippen LogP contribution in [-0.4, -0.2) is 25.0 Å². The first-order chi connectivity index (χ1) is 9.66. The molecule has 0 radical (unpaired) electrons. The van der Waals surface area contributed by atoms with Gasteiger partial charge < -0.3 is 5.32 Å². The first-order valence-corrected chi connectivity index (χ1v) is 7.43. The van der Waals surface area contributed by atoms with E-state index in [1.807, 2.05) is 12.2 Å². The summed E-state index contributed by atoms with van der Waals surface area (Å²) in [4.78, 5) is 11.8. The van der Waals surface area contributed by atoms with Crippen molar-refractivity contribution in [1.82, 2.24) is 10.6 Å². The Morgan fingerprint density at radius 3 is 2.70 bits per heavy atom. The van der Waals surface area contributed by atoms with Gasteiger partial charge in [0.15, 0.2) is 0 Å². The van der Waals surface area contributed by atoms with Crippen LogP contribution in [0.25, 0.3) is 0 Å². The summed E-state index contributed by atoms with van der Waals surface area (Å²) in [5, 5.41) is 6.08. The standard InChI is InChI=1S/C17H24N2O/c1-13(2)15-9-7-14(8-10-15)5-3-12-19-17(20)16-6-4-11-18-16/h4,6-10,13,16,18H,3,5,11-12H2,1-2H3,(H,19,20). The molecule has 0 spiro atoms. The van der Waals surface area contributed by atoms with Gasteiger partial charge in [0.25, 0.3) is 0 Å². The van der Waals surface area contributed by atoms with Gasteiger partial charge in [-0.1, -0.05) is 50.3 Å². The van der Waals surface area contributed by atoms with Gasteiger partial charge >= 0.3 is 0 Å². The molecule has 20 heavy (non-hydrogen) atoms. The molecule has 108 valence electrons. The van der Waals surface area contributed by atoms with Gasteiger partial charge in [0.05, 0.1) is 0 Å². The number of rotatable bonds is 6. The first-order valence-electron chi connectivity index (χ1n) is 7.43. The van der Waals surface area contributed by atoms with E-state index in [9.17, 15) is 4.79 Å². The van der Waals surface area contributed by atoms with Gasteiger partial charge in [-0.15, -0.1) is 0 Å². The maximum Gasteiger partial charge on any atom is 0.241 e. The van der Waals surface area contributed by atoms with Crippen LogP contribution in [0.15, 0.2) is 36.4 Å². The highest BCUT2D eigenvalue weighted by Crippen LogP contribution is 2.15. The number of aryl methyl sites for hydroxylation is 1. The van der Waals surface area contributed by atoms with Crippen molar-refractivity contribution in [3.63, 3.8) is 0 Å². The summed E-state index contributed by atoms with van der Waals surface area (Å²) in [5.41, 5.74) is 2.71. The minimum absolute atomic E-state index is 0.0777. The number of nitrogens with one attached hydrogen (secondary N) is 2. The number of amides is 1. The molecule has 1 aliphatic rings. The van der Waals surface area contributed by atoms with E-state index in [0.29, 0.717) is 5.92 Å². The van der Waals surface area contributed by atoms with Crippen LogP contribution in [0.2, 0.25) is 0 Å². The normalized spacial score (nSPS) is 17.6. The summed E-state index contributed by atoms with van der Waals surface area (Å²) in [6.07, 6.45) is 5.89. The molecule has 3 heteroatoms. The van der Waals surface area contributed by atoms with Crippen LogP contribution in [0.3, 0.4) is 0 Å². The molecule has 1 aromatic rings. The third-order valence-corrected chi connectivity index (χ3v) is 3.65. The smallest absolute Gasteiger partial charge is 0.241 e. The van der Waals surface area contributed by atoms with Crippen LogP contribution < -0.4 is 10.6 Å². The summed E-state index contributed by atoms with van der Waals surface area (Å²) in [6, 6.07) is 8.65. The molecule has 1 unspecified atom stereocenters. The fraction of sp³-hybridized carbons (Fsp3) is 0.471. The van der Waals surface area contributed by atoms with E-state index in [0.717, 1.165) is 25.9 Å². The highest BCUT2D eigenvalue weighted by Gasteiger charge is 2.16. The lowest BCUT2D eigenvalue weighted by Crippen LogP contribution is -2.40.